The molecule has 2 heterocycles. The maximum Gasteiger partial charge on any atom is 0.224 e. The van der Waals surface area contributed by atoms with Crippen LogP contribution in [0.5, 0.6) is 0 Å². The lowest BCUT2D eigenvalue weighted by Gasteiger charge is -2.31. The van der Waals surface area contributed by atoms with E-state index >= 15 is 0 Å². The van der Waals surface area contributed by atoms with Crippen molar-refractivity contribution in [2.45, 2.75) is 52.4 Å². The summed E-state index contributed by atoms with van der Waals surface area (Å²) in [6.07, 6.45) is 5.61. The second-order valence-corrected chi connectivity index (χ2v) is 6.76. The van der Waals surface area contributed by atoms with E-state index in [-0.39, 0.29) is 11.9 Å². The van der Waals surface area contributed by atoms with Crippen molar-refractivity contribution >= 4 is 5.91 Å². The Bertz CT molecular complexity index is 682. The van der Waals surface area contributed by atoms with Gasteiger partial charge in [-0.05, 0) is 18.9 Å². The van der Waals surface area contributed by atoms with Crippen LogP contribution >= 0.6 is 0 Å². The fraction of sp³-hybridized carbons (Fsp3) is 0.500. The monoisotopic (exact) mass is 340 g/mol. The highest BCUT2D eigenvalue weighted by atomic mass is 16.2. The van der Waals surface area contributed by atoms with E-state index in [1.807, 2.05) is 29.1 Å². The zero-order valence-corrected chi connectivity index (χ0v) is 15.3. The first kappa shape index (κ1) is 17.7. The van der Waals surface area contributed by atoms with Gasteiger partial charge in [-0.3, -0.25) is 14.4 Å². The van der Waals surface area contributed by atoms with Gasteiger partial charge in [0.2, 0.25) is 5.91 Å². The van der Waals surface area contributed by atoms with Gasteiger partial charge in [-0.15, -0.1) is 0 Å². The Kier molecular flexibility index (Phi) is 5.87. The summed E-state index contributed by atoms with van der Waals surface area (Å²) in [4.78, 5) is 17.2. The maximum absolute atomic E-state index is 12.7. The summed E-state index contributed by atoms with van der Waals surface area (Å²) >= 11 is 0. The zero-order chi connectivity index (χ0) is 17.6. The second kappa shape index (κ2) is 8.30. The van der Waals surface area contributed by atoms with Crippen molar-refractivity contribution in [3.8, 4) is 0 Å². The van der Waals surface area contributed by atoms with Gasteiger partial charge in [0.1, 0.15) is 0 Å². The maximum atomic E-state index is 12.7. The Hall–Kier alpha value is -2.14. The number of aromatic nitrogens is 2. The van der Waals surface area contributed by atoms with Crippen molar-refractivity contribution in [3.63, 3.8) is 0 Å². The van der Waals surface area contributed by atoms with E-state index in [0.717, 1.165) is 32.6 Å². The Morgan fingerprint density at radius 2 is 1.92 bits per heavy atom. The molecule has 1 aromatic heterocycles. The molecule has 1 atom stereocenters. The van der Waals surface area contributed by atoms with Gasteiger partial charge in [-0.1, -0.05) is 37.3 Å². The molecule has 5 heteroatoms. The first-order valence-corrected chi connectivity index (χ1v) is 9.26. The van der Waals surface area contributed by atoms with Gasteiger partial charge in [0.05, 0.1) is 6.20 Å². The van der Waals surface area contributed by atoms with Crippen molar-refractivity contribution in [2.75, 3.05) is 13.1 Å². The highest BCUT2D eigenvalue weighted by Gasteiger charge is 2.28. The number of nitrogens with zero attached hydrogens (tertiary/aromatic N) is 4. The van der Waals surface area contributed by atoms with E-state index in [4.69, 9.17) is 0 Å². The molecule has 2 aromatic rings. The molecule has 5 nitrogen and oxygen atoms in total. The minimum absolute atomic E-state index is 0.261. The average Bonchev–Trinajstić information content (AvgIpc) is 3.04. The largest absolute Gasteiger partial charge is 0.334 e. The van der Waals surface area contributed by atoms with Crippen LogP contribution in [0.25, 0.3) is 0 Å². The third-order valence-electron chi connectivity index (χ3n) is 4.96. The number of benzene rings is 1. The molecular weight excluding hydrogens is 312 g/mol. The van der Waals surface area contributed by atoms with Crippen LogP contribution in [0, 0.1) is 0 Å². The van der Waals surface area contributed by atoms with Gasteiger partial charge in [-0.25, -0.2) is 0 Å². The minimum atomic E-state index is 0.261. The molecule has 1 amide bonds. The second-order valence-electron chi connectivity index (χ2n) is 6.76. The number of hydrogen-bond donors (Lipinski definition) is 0. The first-order chi connectivity index (χ1) is 12.2. The Balaban J connectivity index is 1.69. The summed E-state index contributed by atoms with van der Waals surface area (Å²) in [6.45, 7) is 8.47. The Morgan fingerprint density at radius 3 is 2.60 bits per heavy atom. The van der Waals surface area contributed by atoms with Crippen LogP contribution in [-0.4, -0.2) is 44.6 Å². The van der Waals surface area contributed by atoms with Crippen LogP contribution in [0.15, 0.2) is 42.7 Å². The Labute approximate surface area is 150 Å². The number of aryl methyl sites for hydroxylation is 1. The first-order valence-electron chi connectivity index (χ1n) is 9.26. The average molecular weight is 340 g/mol. The zero-order valence-electron chi connectivity index (χ0n) is 15.3. The van der Waals surface area contributed by atoms with Crippen LogP contribution in [0.1, 0.15) is 37.8 Å². The van der Waals surface area contributed by atoms with Gasteiger partial charge < -0.3 is 4.90 Å². The summed E-state index contributed by atoms with van der Waals surface area (Å²) in [5.74, 6) is 0.266. The standard InChI is InChI=1S/C20H28N4O/c1-3-19-16-22(13-18-12-21-23(4-2)14-18)11-10-20(25)24(19)15-17-8-6-5-7-9-17/h5-9,12,14,19H,3-4,10-11,13,15-16H2,1-2H3. The third kappa shape index (κ3) is 4.48. The molecule has 1 aromatic carbocycles. The predicted molar refractivity (Wildman–Crippen MR) is 98.9 cm³/mol. The smallest absolute Gasteiger partial charge is 0.224 e. The molecule has 3 rings (SSSR count). The molecule has 25 heavy (non-hydrogen) atoms. The number of rotatable bonds is 6. The lowest BCUT2D eigenvalue weighted by atomic mass is 10.1. The summed E-state index contributed by atoms with van der Waals surface area (Å²) in [7, 11) is 0. The van der Waals surface area contributed by atoms with Crippen molar-refractivity contribution in [1.82, 2.24) is 19.6 Å². The summed E-state index contributed by atoms with van der Waals surface area (Å²) in [6, 6.07) is 10.6. The SMILES string of the molecule is CCC1CN(Cc2cnn(CC)c2)CCC(=O)N1Cc1ccccc1. The van der Waals surface area contributed by atoms with Crippen LogP contribution in [0.3, 0.4) is 0 Å². The highest BCUT2D eigenvalue weighted by molar-refractivity contribution is 5.77. The molecule has 0 spiro atoms. The fourth-order valence-corrected chi connectivity index (χ4v) is 3.50. The van der Waals surface area contributed by atoms with E-state index in [0.29, 0.717) is 13.0 Å². The summed E-state index contributed by atoms with van der Waals surface area (Å²) in [5, 5.41) is 4.36. The predicted octanol–water partition coefficient (Wildman–Crippen LogP) is 2.92. The number of carbonyl (C=O) groups excluding carboxylic acids is 1. The molecule has 0 saturated carbocycles. The van der Waals surface area contributed by atoms with Crippen LogP contribution in [0.2, 0.25) is 0 Å². The molecule has 134 valence electrons. The molecule has 1 aliphatic rings. The summed E-state index contributed by atoms with van der Waals surface area (Å²) < 4.78 is 1.96. The minimum Gasteiger partial charge on any atom is -0.334 e. The normalized spacial score (nSPS) is 19.2. The van der Waals surface area contributed by atoms with Gasteiger partial charge in [0.25, 0.3) is 0 Å². The third-order valence-corrected chi connectivity index (χ3v) is 4.96. The van der Waals surface area contributed by atoms with Crippen LogP contribution in [0.4, 0.5) is 0 Å². The highest BCUT2D eigenvalue weighted by Crippen LogP contribution is 2.19. The molecular formula is C20H28N4O. The quantitative estimate of drug-likeness (QED) is 0.812. The molecule has 0 N–H and O–H groups in total. The fourth-order valence-electron chi connectivity index (χ4n) is 3.50. The van der Waals surface area contributed by atoms with Crippen molar-refractivity contribution < 1.29 is 4.79 Å². The molecule has 1 aliphatic heterocycles. The van der Waals surface area contributed by atoms with Gasteiger partial charge in [0, 0.05) is 56.9 Å². The van der Waals surface area contributed by atoms with Crippen molar-refractivity contribution in [1.29, 1.82) is 0 Å². The van der Waals surface area contributed by atoms with Crippen LogP contribution in [-0.2, 0) is 24.4 Å². The lowest BCUT2D eigenvalue weighted by molar-refractivity contribution is -0.133. The topological polar surface area (TPSA) is 41.4 Å². The molecule has 0 radical (unpaired) electrons. The van der Waals surface area contributed by atoms with E-state index in [2.05, 4.69) is 47.1 Å². The van der Waals surface area contributed by atoms with Crippen molar-refractivity contribution in [2.24, 2.45) is 0 Å². The number of hydrogen-bond acceptors (Lipinski definition) is 3. The van der Waals surface area contributed by atoms with Crippen molar-refractivity contribution in [3.05, 3.63) is 53.9 Å². The van der Waals surface area contributed by atoms with E-state index in [9.17, 15) is 4.79 Å². The van der Waals surface area contributed by atoms with E-state index in [1.165, 1.54) is 11.1 Å². The van der Waals surface area contributed by atoms with E-state index < -0.39 is 0 Å². The molecule has 0 aliphatic carbocycles. The van der Waals surface area contributed by atoms with Gasteiger partial charge >= 0.3 is 0 Å². The number of amides is 1. The number of carbonyl (C=O) groups is 1. The van der Waals surface area contributed by atoms with Crippen LogP contribution < -0.4 is 0 Å². The summed E-state index contributed by atoms with van der Waals surface area (Å²) in [5.41, 5.74) is 2.42. The van der Waals surface area contributed by atoms with Gasteiger partial charge in [-0.2, -0.15) is 5.10 Å². The van der Waals surface area contributed by atoms with E-state index in [1.54, 1.807) is 0 Å². The molecule has 1 saturated heterocycles. The Morgan fingerprint density at radius 1 is 1.12 bits per heavy atom. The molecule has 0 bridgehead atoms. The van der Waals surface area contributed by atoms with Gasteiger partial charge in [0.15, 0.2) is 0 Å². The molecule has 1 fully saturated rings. The lowest BCUT2D eigenvalue weighted by Crippen LogP contribution is -2.42. The molecule has 1 unspecified atom stereocenters.